The number of carbonyl (C=O) groups is 1. The first-order valence-electron chi connectivity index (χ1n) is 4.36. The highest BCUT2D eigenvalue weighted by molar-refractivity contribution is 7.92. The van der Waals surface area contributed by atoms with Crippen molar-refractivity contribution < 1.29 is 13.2 Å². The van der Waals surface area contributed by atoms with Gasteiger partial charge in [0.1, 0.15) is 4.75 Å². The second kappa shape index (κ2) is 4.02. The van der Waals surface area contributed by atoms with Crippen LogP contribution in [0.4, 0.5) is 0 Å². The van der Waals surface area contributed by atoms with Crippen molar-refractivity contribution in [3.63, 3.8) is 0 Å². The highest BCUT2D eigenvalue weighted by atomic mass is 32.2. The van der Waals surface area contributed by atoms with E-state index in [9.17, 15) is 13.2 Å². The maximum Gasteiger partial charge on any atom is 0.160 e. The summed E-state index contributed by atoms with van der Waals surface area (Å²) in [5.41, 5.74) is 0. The van der Waals surface area contributed by atoms with E-state index in [1.165, 1.54) is 25.2 Å². The summed E-state index contributed by atoms with van der Waals surface area (Å²) >= 11 is 1.35. The van der Waals surface area contributed by atoms with E-state index in [2.05, 4.69) is 4.98 Å². The Balaban J connectivity index is 2.87. The van der Waals surface area contributed by atoms with E-state index in [4.69, 9.17) is 0 Å². The van der Waals surface area contributed by atoms with Crippen molar-refractivity contribution in [3.05, 3.63) is 16.6 Å². The van der Waals surface area contributed by atoms with Gasteiger partial charge in [-0.3, -0.25) is 4.79 Å². The summed E-state index contributed by atoms with van der Waals surface area (Å²) in [5.74, 6) is -0.319. The van der Waals surface area contributed by atoms with Gasteiger partial charge in [0.05, 0.1) is 11.4 Å². The molecule has 6 heteroatoms. The van der Waals surface area contributed by atoms with E-state index in [1.807, 2.05) is 0 Å². The first-order valence-corrected chi connectivity index (χ1v) is 7.13. The third-order valence-electron chi connectivity index (χ3n) is 2.39. The van der Waals surface area contributed by atoms with Crippen molar-refractivity contribution in [2.75, 3.05) is 6.26 Å². The number of hydrogen-bond acceptors (Lipinski definition) is 5. The van der Waals surface area contributed by atoms with Crippen LogP contribution in [-0.4, -0.2) is 30.2 Å². The van der Waals surface area contributed by atoms with E-state index >= 15 is 0 Å². The van der Waals surface area contributed by atoms with Gasteiger partial charge in [0, 0.05) is 17.8 Å². The molecule has 0 aliphatic heterocycles. The van der Waals surface area contributed by atoms with Gasteiger partial charge in [-0.2, -0.15) is 0 Å². The van der Waals surface area contributed by atoms with Crippen LogP contribution in [0.15, 0.2) is 11.6 Å². The quantitative estimate of drug-likeness (QED) is 0.798. The van der Waals surface area contributed by atoms with E-state index in [0.29, 0.717) is 5.01 Å². The van der Waals surface area contributed by atoms with Crippen LogP contribution >= 0.6 is 11.3 Å². The van der Waals surface area contributed by atoms with Crippen LogP contribution in [0, 0.1) is 0 Å². The lowest BCUT2D eigenvalue weighted by Gasteiger charge is -2.19. The Morgan fingerprint density at radius 1 is 1.53 bits per heavy atom. The van der Waals surface area contributed by atoms with Gasteiger partial charge in [0.25, 0.3) is 0 Å². The van der Waals surface area contributed by atoms with E-state index in [0.717, 1.165) is 6.26 Å². The molecule has 15 heavy (non-hydrogen) atoms. The Bertz CT molecular complexity index is 446. The number of ketones is 1. The van der Waals surface area contributed by atoms with E-state index in [1.54, 1.807) is 11.6 Å². The fourth-order valence-electron chi connectivity index (χ4n) is 0.897. The Labute approximate surface area is 93.3 Å². The molecule has 0 N–H and O–H groups in total. The van der Waals surface area contributed by atoms with Crippen molar-refractivity contribution in [1.29, 1.82) is 0 Å². The highest BCUT2D eigenvalue weighted by Crippen LogP contribution is 2.19. The lowest BCUT2D eigenvalue weighted by Crippen LogP contribution is -2.40. The first kappa shape index (κ1) is 12.3. The van der Waals surface area contributed by atoms with Gasteiger partial charge < -0.3 is 0 Å². The molecule has 0 spiro atoms. The Morgan fingerprint density at radius 2 is 2.13 bits per heavy atom. The van der Waals surface area contributed by atoms with Crippen LogP contribution in [0.25, 0.3) is 0 Å². The standard InChI is InChI=1S/C9H13NO3S2/c1-9(2,15(3,12)13)7(11)6-8-10-4-5-14-8/h4-5H,6H2,1-3H3. The predicted molar refractivity (Wildman–Crippen MR) is 59.7 cm³/mol. The molecule has 0 radical (unpaired) electrons. The van der Waals surface area contributed by atoms with Gasteiger partial charge >= 0.3 is 0 Å². The summed E-state index contributed by atoms with van der Waals surface area (Å²) < 4.78 is 21.4. The normalized spacial score (nSPS) is 12.7. The monoisotopic (exact) mass is 247 g/mol. The van der Waals surface area contributed by atoms with Gasteiger partial charge in [-0.1, -0.05) is 0 Å². The predicted octanol–water partition coefficient (Wildman–Crippen LogP) is 1.08. The fourth-order valence-corrected chi connectivity index (χ4v) is 2.00. The van der Waals surface area contributed by atoms with Gasteiger partial charge in [-0.15, -0.1) is 11.3 Å². The van der Waals surface area contributed by atoms with E-state index in [-0.39, 0.29) is 12.2 Å². The van der Waals surface area contributed by atoms with Crippen LogP contribution in [-0.2, 0) is 21.1 Å². The molecule has 1 aromatic rings. The van der Waals surface area contributed by atoms with Crippen molar-refractivity contribution in [2.45, 2.75) is 25.0 Å². The summed E-state index contributed by atoms with van der Waals surface area (Å²) in [4.78, 5) is 15.7. The molecule has 1 aromatic heterocycles. The molecule has 1 heterocycles. The second-order valence-corrected chi connectivity index (χ2v) is 7.35. The third kappa shape index (κ3) is 2.63. The molecule has 0 fully saturated rings. The van der Waals surface area contributed by atoms with Gasteiger partial charge in [-0.05, 0) is 13.8 Å². The molecule has 0 aromatic carbocycles. The van der Waals surface area contributed by atoms with Crippen LogP contribution in [0.1, 0.15) is 18.9 Å². The number of Topliss-reactive ketones (excluding diaryl/α,β-unsaturated/α-hetero) is 1. The molecule has 0 aliphatic carbocycles. The molecule has 0 aliphatic rings. The molecular formula is C9H13NO3S2. The van der Waals surface area contributed by atoms with Gasteiger partial charge in [0.2, 0.25) is 0 Å². The maximum atomic E-state index is 11.8. The van der Waals surface area contributed by atoms with Crippen LogP contribution in [0.2, 0.25) is 0 Å². The average molecular weight is 247 g/mol. The zero-order chi connectivity index (χ0) is 11.7. The summed E-state index contributed by atoms with van der Waals surface area (Å²) in [6.07, 6.45) is 2.76. The molecular weight excluding hydrogens is 234 g/mol. The number of aromatic nitrogens is 1. The summed E-state index contributed by atoms with van der Waals surface area (Å²) in [6, 6.07) is 0. The van der Waals surface area contributed by atoms with Crippen molar-refractivity contribution >= 4 is 27.0 Å². The lowest BCUT2D eigenvalue weighted by molar-refractivity contribution is -0.120. The molecule has 1 rings (SSSR count). The summed E-state index contributed by atoms with van der Waals surface area (Å²) in [6.45, 7) is 2.86. The highest BCUT2D eigenvalue weighted by Gasteiger charge is 2.38. The van der Waals surface area contributed by atoms with Gasteiger partial charge in [0.15, 0.2) is 15.6 Å². The molecule has 0 saturated heterocycles. The number of nitrogens with zero attached hydrogens (tertiary/aromatic N) is 1. The van der Waals surface area contributed by atoms with Crippen molar-refractivity contribution in [2.24, 2.45) is 0 Å². The van der Waals surface area contributed by atoms with Crippen LogP contribution in [0.3, 0.4) is 0 Å². The van der Waals surface area contributed by atoms with E-state index < -0.39 is 14.6 Å². The summed E-state index contributed by atoms with van der Waals surface area (Å²) in [5, 5.41) is 2.41. The number of rotatable bonds is 4. The van der Waals surface area contributed by atoms with Crippen LogP contribution in [0.5, 0.6) is 0 Å². The topological polar surface area (TPSA) is 64.1 Å². The zero-order valence-electron chi connectivity index (χ0n) is 8.85. The van der Waals surface area contributed by atoms with Crippen molar-refractivity contribution in [3.8, 4) is 0 Å². The lowest BCUT2D eigenvalue weighted by atomic mass is 10.1. The maximum absolute atomic E-state index is 11.8. The molecule has 0 atom stereocenters. The Hall–Kier alpha value is -0.750. The Morgan fingerprint density at radius 3 is 2.53 bits per heavy atom. The molecule has 0 amide bonds. The van der Waals surface area contributed by atoms with Gasteiger partial charge in [-0.25, -0.2) is 13.4 Å². The number of sulfone groups is 1. The molecule has 0 unspecified atom stereocenters. The SMILES string of the molecule is CC(C)(C(=O)Cc1nccs1)S(C)(=O)=O. The average Bonchev–Trinajstić information content (AvgIpc) is 2.54. The number of carbonyl (C=O) groups excluding carboxylic acids is 1. The minimum atomic E-state index is -3.38. The molecule has 0 saturated carbocycles. The fraction of sp³-hybridized carbons (Fsp3) is 0.556. The molecule has 0 bridgehead atoms. The molecule has 4 nitrogen and oxygen atoms in total. The minimum absolute atomic E-state index is 0.0811. The molecule has 84 valence electrons. The second-order valence-electron chi connectivity index (χ2n) is 3.81. The van der Waals surface area contributed by atoms with Crippen LogP contribution < -0.4 is 0 Å². The van der Waals surface area contributed by atoms with Crippen molar-refractivity contribution in [1.82, 2.24) is 4.98 Å². The minimum Gasteiger partial charge on any atom is -0.297 e. The number of thiazole rings is 1. The largest absolute Gasteiger partial charge is 0.297 e. The Kier molecular flexibility index (Phi) is 3.30. The first-order chi connectivity index (χ1) is 6.75. The summed E-state index contributed by atoms with van der Waals surface area (Å²) in [7, 11) is -3.38. The zero-order valence-corrected chi connectivity index (χ0v) is 10.5. The smallest absolute Gasteiger partial charge is 0.160 e. The third-order valence-corrected chi connectivity index (χ3v) is 5.25. The number of hydrogen-bond donors (Lipinski definition) is 0.